The first-order valence-electron chi connectivity index (χ1n) is 7.71. The standard InChI is InChI=1S/C17H17N5O3/c1-10(16-20-12-5-3-4-6-13(12)21-16)19-17(23)11-7-8-14(18-2)15(9-11)22(24)25/h3-10,18H,1-2H3,(H,19,23)(H,20,21). The summed E-state index contributed by atoms with van der Waals surface area (Å²) in [5.41, 5.74) is 2.12. The highest BCUT2D eigenvalue weighted by Gasteiger charge is 2.19. The minimum Gasteiger partial charge on any atom is -0.383 e. The summed E-state index contributed by atoms with van der Waals surface area (Å²) >= 11 is 0. The van der Waals surface area contributed by atoms with Crippen LogP contribution in [0.25, 0.3) is 11.0 Å². The molecule has 1 atom stereocenters. The van der Waals surface area contributed by atoms with Crippen molar-refractivity contribution in [3.63, 3.8) is 0 Å². The van der Waals surface area contributed by atoms with Crippen molar-refractivity contribution < 1.29 is 9.72 Å². The normalized spacial score (nSPS) is 11.9. The third kappa shape index (κ3) is 3.27. The molecule has 3 rings (SSSR count). The zero-order chi connectivity index (χ0) is 18.0. The Labute approximate surface area is 143 Å². The third-order valence-corrected chi connectivity index (χ3v) is 3.89. The van der Waals surface area contributed by atoms with Gasteiger partial charge in [0.2, 0.25) is 0 Å². The number of aromatic nitrogens is 2. The Morgan fingerprint density at radius 1 is 1.28 bits per heavy atom. The number of rotatable bonds is 5. The van der Waals surface area contributed by atoms with Crippen LogP contribution in [0.1, 0.15) is 29.1 Å². The number of imidazole rings is 1. The van der Waals surface area contributed by atoms with E-state index in [1.165, 1.54) is 12.1 Å². The molecule has 25 heavy (non-hydrogen) atoms. The molecule has 1 unspecified atom stereocenters. The van der Waals surface area contributed by atoms with E-state index in [2.05, 4.69) is 20.6 Å². The number of amides is 1. The first-order chi connectivity index (χ1) is 12.0. The van der Waals surface area contributed by atoms with Crippen LogP contribution in [0, 0.1) is 10.1 Å². The monoisotopic (exact) mass is 339 g/mol. The summed E-state index contributed by atoms with van der Waals surface area (Å²) in [4.78, 5) is 30.6. The molecule has 0 spiro atoms. The van der Waals surface area contributed by atoms with Crippen molar-refractivity contribution in [3.05, 3.63) is 64.0 Å². The van der Waals surface area contributed by atoms with Gasteiger partial charge in [0.1, 0.15) is 11.5 Å². The van der Waals surface area contributed by atoms with Crippen LogP contribution in [0.2, 0.25) is 0 Å². The number of carbonyl (C=O) groups excluding carboxylic acids is 1. The zero-order valence-electron chi connectivity index (χ0n) is 13.7. The molecule has 2 aromatic carbocycles. The number of benzene rings is 2. The molecule has 0 aliphatic carbocycles. The number of nitro groups is 1. The van der Waals surface area contributed by atoms with Crippen molar-refractivity contribution in [1.82, 2.24) is 15.3 Å². The van der Waals surface area contributed by atoms with Crippen LogP contribution >= 0.6 is 0 Å². The highest BCUT2D eigenvalue weighted by atomic mass is 16.6. The Morgan fingerprint density at radius 3 is 2.72 bits per heavy atom. The van der Waals surface area contributed by atoms with Gasteiger partial charge in [0, 0.05) is 18.7 Å². The van der Waals surface area contributed by atoms with Gasteiger partial charge in [-0.15, -0.1) is 0 Å². The van der Waals surface area contributed by atoms with Crippen LogP contribution in [0.5, 0.6) is 0 Å². The molecule has 0 fully saturated rings. The molecule has 8 heteroatoms. The second kappa shape index (κ2) is 6.60. The van der Waals surface area contributed by atoms with Crippen LogP contribution in [0.4, 0.5) is 11.4 Å². The highest BCUT2D eigenvalue weighted by Crippen LogP contribution is 2.25. The molecular formula is C17H17N5O3. The molecule has 0 saturated heterocycles. The summed E-state index contributed by atoms with van der Waals surface area (Å²) in [6.45, 7) is 1.80. The first-order valence-corrected chi connectivity index (χ1v) is 7.71. The van der Waals surface area contributed by atoms with E-state index in [9.17, 15) is 14.9 Å². The number of aromatic amines is 1. The maximum absolute atomic E-state index is 12.4. The topological polar surface area (TPSA) is 113 Å². The number of H-pyrrole nitrogens is 1. The number of hydrogen-bond donors (Lipinski definition) is 3. The molecule has 3 N–H and O–H groups in total. The van der Waals surface area contributed by atoms with E-state index >= 15 is 0 Å². The van der Waals surface area contributed by atoms with Crippen LogP contribution in [-0.2, 0) is 0 Å². The van der Waals surface area contributed by atoms with Gasteiger partial charge in [-0.25, -0.2) is 4.98 Å². The molecule has 0 radical (unpaired) electrons. The van der Waals surface area contributed by atoms with Gasteiger partial charge in [-0.05, 0) is 31.2 Å². The molecule has 1 heterocycles. The smallest absolute Gasteiger partial charge is 0.293 e. The van der Waals surface area contributed by atoms with Crippen molar-refractivity contribution in [2.24, 2.45) is 0 Å². The predicted octanol–water partition coefficient (Wildman–Crippen LogP) is 3.00. The van der Waals surface area contributed by atoms with E-state index in [-0.39, 0.29) is 17.3 Å². The minimum atomic E-state index is -0.523. The lowest BCUT2D eigenvalue weighted by Crippen LogP contribution is -2.27. The number of anilines is 1. The lowest BCUT2D eigenvalue weighted by Gasteiger charge is -2.12. The van der Waals surface area contributed by atoms with Crippen molar-refractivity contribution in [1.29, 1.82) is 0 Å². The molecule has 128 valence electrons. The van der Waals surface area contributed by atoms with Crippen LogP contribution in [-0.4, -0.2) is 27.8 Å². The second-order valence-corrected chi connectivity index (χ2v) is 5.57. The summed E-state index contributed by atoms with van der Waals surface area (Å²) in [7, 11) is 1.59. The average Bonchev–Trinajstić information content (AvgIpc) is 3.05. The number of fused-ring (bicyclic) bond motifs is 1. The second-order valence-electron chi connectivity index (χ2n) is 5.57. The van der Waals surface area contributed by atoms with Gasteiger partial charge in [-0.1, -0.05) is 12.1 Å². The summed E-state index contributed by atoms with van der Waals surface area (Å²) in [5, 5.41) is 16.7. The van der Waals surface area contributed by atoms with Crippen molar-refractivity contribution in [2.45, 2.75) is 13.0 Å². The van der Waals surface area contributed by atoms with E-state index in [0.717, 1.165) is 11.0 Å². The van der Waals surface area contributed by atoms with E-state index in [4.69, 9.17) is 0 Å². The Balaban J connectivity index is 1.81. The fourth-order valence-electron chi connectivity index (χ4n) is 2.56. The van der Waals surface area contributed by atoms with Gasteiger partial charge in [0.15, 0.2) is 0 Å². The van der Waals surface area contributed by atoms with E-state index < -0.39 is 10.8 Å². The average molecular weight is 339 g/mol. The Kier molecular flexibility index (Phi) is 4.34. The minimum absolute atomic E-state index is 0.147. The number of nitrogens with zero attached hydrogens (tertiary/aromatic N) is 2. The fourth-order valence-corrected chi connectivity index (χ4v) is 2.56. The lowest BCUT2D eigenvalue weighted by atomic mass is 10.1. The van der Waals surface area contributed by atoms with Gasteiger partial charge in [0.05, 0.1) is 22.0 Å². The first kappa shape index (κ1) is 16.4. The molecule has 0 bridgehead atoms. The molecule has 3 aromatic rings. The number of nitro benzene ring substituents is 1. The molecule has 0 saturated carbocycles. The Bertz CT molecular complexity index is 917. The molecule has 1 amide bonds. The summed E-state index contributed by atoms with van der Waals surface area (Å²) in [5.74, 6) is 0.217. The Hall–Kier alpha value is -3.42. The van der Waals surface area contributed by atoms with Gasteiger partial charge in [0.25, 0.3) is 11.6 Å². The van der Waals surface area contributed by atoms with E-state index in [1.54, 1.807) is 20.0 Å². The summed E-state index contributed by atoms with van der Waals surface area (Å²) < 4.78 is 0. The highest BCUT2D eigenvalue weighted by molar-refractivity contribution is 5.96. The number of nitrogens with one attached hydrogen (secondary N) is 3. The van der Waals surface area contributed by atoms with Crippen molar-refractivity contribution in [2.75, 3.05) is 12.4 Å². The zero-order valence-corrected chi connectivity index (χ0v) is 13.7. The summed E-state index contributed by atoms with van der Waals surface area (Å²) in [6, 6.07) is 11.5. The van der Waals surface area contributed by atoms with Gasteiger partial charge in [-0.3, -0.25) is 14.9 Å². The van der Waals surface area contributed by atoms with Crippen molar-refractivity contribution in [3.8, 4) is 0 Å². The van der Waals surface area contributed by atoms with E-state index in [0.29, 0.717) is 11.5 Å². The Morgan fingerprint density at radius 2 is 2.04 bits per heavy atom. The van der Waals surface area contributed by atoms with Crippen molar-refractivity contribution >= 4 is 28.3 Å². The van der Waals surface area contributed by atoms with Gasteiger partial charge >= 0.3 is 0 Å². The van der Waals surface area contributed by atoms with E-state index in [1.807, 2.05) is 24.3 Å². The maximum atomic E-state index is 12.4. The molecular weight excluding hydrogens is 322 g/mol. The molecule has 0 aliphatic rings. The molecule has 8 nitrogen and oxygen atoms in total. The predicted molar refractivity (Wildman–Crippen MR) is 94.6 cm³/mol. The van der Waals surface area contributed by atoms with Crippen LogP contribution < -0.4 is 10.6 Å². The third-order valence-electron chi connectivity index (χ3n) is 3.89. The van der Waals surface area contributed by atoms with Crippen LogP contribution in [0.15, 0.2) is 42.5 Å². The number of carbonyl (C=O) groups is 1. The molecule has 1 aromatic heterocycles. The van der Waals surface area contributed by atoms with Crippen LogP contribution in [0.3, 0.4) is 0 Å². The maximum Gasteiger partial charge on any atom is 0.293 e. The fraction of sp³-hybridized carbons (Fsp3) is 0.176. The quantitative estimate of drug-likeness (QED) is 0.488. The number of para-hydroxylation sites is 2. The van der Waals surface area contributed by atoms with Gasteiger partial charge < -0.3 is 15.6 Å². The van der Waals surface area contributed by atoms with Gasteiger partial charge in [-0.2, -0.15) is 0 Å². The summed E-state index contributed by atoms with van der Waals surface area (Å²) in [6.07, 6.45) is 0. The lowest BCUT2D eigenvalue weighted by molar-refractivity contribution is -0.384. The SMILES string of the molecule is CNc1ccc(C(=O)NC(C)c2nc3ccccc3[nH]2)cc1[N+](=O)[O-]. The largest absolute Gasteiger partial charge is 0.383 e. The number of hydrogen-bond acceptors (Lipinski definition) is 5. The molecule has 0 aliphatic heterocycles.